The van der Waals surface area contributed by atoms with Crippen molar-refractivity contribution < 1.29 is 14.3 Å². The van der Waals surface area contributed by atoms with Crippen molar-refractivity contribution in [1.29, 1.82) is 0 Å². The molecule has 0 heterocycles. The quantitative estimate of drug-likeness (QED) is 0.197. The molecule has 0 aromatic rings. The van der Waals surface area contributed by atoms with Crippen LogP contribution >= 0.6 is 0 Å². The number of ether oxygens (including phenoxy) is 1. The van der Waals surface area contributed by atoms with Crippen molar-refractivity contribution in [2.24, 2.45) is 17.8 Å². The number of Topliss-reactive ketones (excluding diaryl/α,β-unsaturated/α-hetero) is 1. The van der Waals surface area contributed by atoms with Crippen LogP contribution in [0.5, 0.6) is 0 Å². The van der Waals surface area contributed by atoms with Crippen molar-refractivity contribution in [3.8, 4) is 0 Å². The zero-order valence-corrected chi connectivity index (χ0v) is 21.2. The summed E-state index contributed by atoms with van der Waals surface area (Å²) in [4.78, 5) is 24.5. The van der Waals surface area contributed by atoms with Crippen LogP contribution in [0.1, 0.15) is 106 Å². The fourth-order valence-corrected chi connectivity index (χ4v) is 4.31. The van der Waals surface area contributed by atoms with Crippen LogP contribution in [0, 0.1) is 17.8 Å². The Balaban J connectivity index is 2.31. The smallest absolute Gasteiger partial charge is 0.221 e. The van der Waals surface area contributed by atoms with Crippen molar-refractivity contribution in [2.75, 3.05) is 7.11 Å². The van der Waals surface area contributed by atoms with Gasteiger partial charge in [-0.25, -0.2) is 0 Å². The van der Waals surface area contributed by atoms with Gasteiger partial charge in [0.05, 0.1) is 7.11 Å². The number of carbonyl (C=O) groups excluding carboxylic acids is 2. The van der Waals surface area contributed by atoms with Gasteiger partial charge >= 0.3 is 0 Å². The van der Waals surface area contributed by atoms with E-state index in [1.807, 2.05) is 0 Å². The van der Waals surface area contributed by atoms with Crippen molar-refractivity contribution >= 4 is 11.6 Å². The molecule has 0 saturated heterocycles. The second-order valence-electron chi connectivity index (χ2n) is 10.1. The monoisotopic (exact) mass is 430 g/mol. The normalized spacial score (nSPS) is 17.3. The highest BCUT2D eigenvalue weighted by Gasteiger charge is 2.26. The van der Waals surface area contributed by atoms with E-state index in [0.717, 1.165) is 24.2 Å². The summed E-state index contributed by atoms with van der Waals surface area (Å²) < 4.78 is 5.20. The highest BCUT2D eigenvalue weighted by molar-refractivity contribution is 6.21. The van der Waals surface area contributed by atoms with E-state index in [9.17, 15) is 9.59 Å². The fourth-order valence-electron chi connectivity index (χ4n) is 4.31. The van der Waals surface area contributed by atoms with Gasteiger partial charge in [0, 0.05) is 11.1 Å². The number of hydrogen-bond acceptors (Lipinski definition) is 3. The molecular weight excluding hydrogens is 384 g/mol. The van der Waals surface area contributed by atoms with Crippen LogP contribution in [0.15, 0.2) is 34.6 Å². The molecule has 1 rings (SSSR count). The molecule has 3 nitrogen and oxygen atoms in total. The maximum Gasteiger partial charge on any atom is 0.221 e. The zero-order chi connectivity index (χ0) is 23.4. The topological polar surface area (TPSA) is 43.4 Å². The summed E-state index contributed by atoms with van der Waals surface area (Å²) in [6, 6.07) is 0. The van der Waals surface area contributed by atoms with Crippen molar-refractivity contribution in [2.45, 2.75) is 106 Å². The van der Waals surface area contributed by atoms with E-state index in [-0.39, 0.29) is 17.3 Å². The second kappa shape index (κ2) is 14.4. The van der Waals surface area contributed by atoms with E-state index < -0.39 is 0 Å². The van der Waals surface area contributed by atoms with Crippen LogP contribution in [0.2, 0.25) is 0 Å². The van der Waals surface area contributed by atoms with Gasteiger partial charge in [-0.1, -0.05) is 84.3 Å². The Morgan fingerprint density at radius 3 is 2.03 bits per heavy atom. The Bertz CT molecular complexity index is 678. The molecule has 2 unspecified atom stereocenters. The summed E-state index contributed by atoms with van der Waals surface area (Å²) in [5, 5.41) is 0. The molecule has 0 radical (unpaired) electrons. The number of carbonyl (C=O) groups is 2. The second-order valence-corrected chi connectivity index (χ2v) is 10.1. The van der Waals surface area contributed by atoms with Crippen molar-refractivity contribution in [3.05, 3.63) is 34.6 Å². The SMILES string of the molecule is COC1=C(C/C=C(\C)CCCC(C)CCCC(C)CCCC(C)C)C(=O)C(C)=CC1=O. The average molecular weight is 431 g/mol. The maximum absolute atomic E-state index is 12.4. The predicted octanol–water partition coefficient (Wildman–Crippen LogP) is 7.76. The third kappa shape index (κ3) is 10.5. The first-order valence-corrected chi connectivity index (χ1v) is 12.4. The lowest BCUT2D eigenvalue weighted by Crippen LogP contribution is -2.19. The molecule has 0 aromatic carbocycles. The molecule has 0 spiro atoms. The Morgan fingerprint density at radius 2 is 1.48 bits per heavy atom. The van der Waals surface area contributed by atoms with Crippen LogP contribution in [0.25, 0.3) is 0 Å². The predicted molar refractivity (Wildman–Crippen MR) is 131 cm³/mol. The zero-order valence-electron chi connectivity index (χ0n) is 21.2. The first kappa shape index (κ1) is 27.4. The number of allylic oxidation sites excluding steroid dienone is 5. The standard InChI is InChI=1S/C28H46O3/c1-20(2)11-8-12-21(3)13-9-14-22(4)15-10-16-23(5)17-18-25-27(30)24(6)19-26(29)28(25)31-7/h17,19-22H,8-16,18H2,1-7H3/b23-17+. The molecule has 0 N–H and O–H groups in total. The molecule has 31 heavy (non-hydrogen) atoms. The van der Waals surface area contributed by atoms with Gasteiger partial charge in [0.15, 0.2) is 11.5 Å². The molecule has 0 amide bonds. The van der Waals surface area contributed by atoms with E-state index in [4.69, 9.17) is 4.74 Å². The van der Waals surface area contributed by atoms with Gasteiger partial charge in [0.25, 0.3) is 0 Å². The fraction of sp³-hybridized carbons (Fsp3) is 0.714. The molecular formula is C28H46O3. The third-order valence-corrected chi connectivity index (χ3v) is 6.48. The lowest BCUT2D eigenvalue weighted by Gasteiger charge is -2.16. The van der Waals surface area contributed by atoms with Crippen molar-refractivity contribution in [1.82, 2.24) is 0 Å². The summed E-state index contributed by atoms with van der Waals surface area (Å²) in [5.74, 6) is 2.37. The minimum atomic E-state index is -0.205. The molecule has 176 valence electrons. The minimum absolute atomic E-state index is 0.0763. The van der Waals surface area contributed by atoms with Crippen molar-refractivity contribution in [3.63, 3.8) is 0 Å². The van der Waals surface area contributed by atoms with Crippen LogP contribution in [0.3, 0.4) is 0 Å². The van der Waals surface area contributed by atoms with Gasteiger partial charge in [-0.15, -0.1) is 0 Å². The van der Waals surface area contributed by atoms with Gasteiger partial charge in [-0.05, 0) is 56.9 Å². The van der Waals surface area contributed by atoms with Crippen LogP contribution in [-0.4, -0.2) is 18.7 Å². The lowest BCUT2D eigenvalue weighted by atomic mass is 9.91. The Hall–Kier alpha value is -1.64. The largest absolute Gasteiger partial charge is 0.492 e. The van der Waals surface area contributed by atoms with Crippen LogP contribution < -0.4 is 0 Å². The maximum atomic E-state index is 12.4. The molecule has 0 saturated carbocycles. The van der Waals surface area contributed by atoms with E-state index >= 15 is 0 Å². The molecule has 0 fully saturated rings. The van der Waals surface area contributed by atoms with Gasteiger partial charge in [0.1, 0.15) is 0 Å². The highest BCUT2D eigenvalue weighted by Crippen LogP contribution is 2.25. The molecule has 0 bridgehead atoms. The number of ketones is 2. The van der Waals surface area contributed by atoms with Gasteiger partial charge < -0.3 is 4.74 Å². The van der Waals surface area contributed by atoms with Crippen LogP contribution in [0.4, 0.5) is 0 Å². The molecule has 0 aromatic heterocycles. The Kier molecular flexibility index (Phi) is 12.7. The van der Waals surface area contributed by atoms with E-state index in [0.29, 0.717) is 17.6 Å². The van der Waals surface area contributed by atoms with Gasteiger partial charge in [0.2, 0.25) is 5.78 Å². The first-order chi connectivity index (χ1) is 14.6. The average Bonchev–Trinajstić information content (AvgIpc) is 2.69. The highest BCUT2D eigenvalue weighted by atomic mass is 16.5. The summed E-state index contributed by atoms with van der Waals surface area (Å²) in [6.07, 6.45) is 15.5. The molecule has 1 aliphatic carbocycles. The summed E-state index contributed by atoms with van der Waals surface area (Å²) in [7, 11) is 1.46. The molecule has 3 heteroatoms. The Labute approximate surface area is 191 Å². The molecule has 2 atom stereocenters. The van der Waals surface area contributed by atoms with E-state index in [1.54, 1.807) is 6.92 Å². The first-order valence-electron chi connectivity index (χ1n) is 12.4. The van der Waals surface area contributed by atoms with Crippen LogP contribution in [-0.2, 0) is 14.3 Å². The lowest BCUT2D eigenvalue weighted by molar-refractivity contribution is -0.118. The summed E-state index contributed by atoms with van der Waals surface area (Å²) in [5.41, 5.74) is 2.26. The Morgan fingerprint density at radius 1 is 0.935 bits per heavy atom. The molecule has 1 aliphatic rings. The third-order valence-electron chi connectivity index (χ3n) is 6.48. The van der Waals surface area contributed by atoms with Gasteiger partial charge in [-0.2, -0.15) is 0 Å². The molecule has 0 aliphatic heterocycles. The van der Waals surface area contributed by atoms with E-state index in [2.05, 4.69) is 40.7 Å². The minimum Gasteiger partial charge on any atom is -0.492 e. The summed E-state index contributed by atoms with van der Waals surface area (Å²) in [6.45, 7) is 13.2. The number of hydrogen-bond donors (Lipinski definition) is 0. The van der Waals surface area contributed by atoms with Gasteiger partial charge in [-0.3, -0.25) is 9.59 Å². The number of rotatable bonds is 15. The van der Waals surface area contributed by atoms with E-state index in [1.165, 1.54) is 70.1 Å². The summed E-state index contributed by atoms with van der Waals surface area (Å²) >= 11 is 0. The number of methoxy groups -OCH3 is 1.